The van der Waals surface area contributed by atoms with Gasteiger partial charge in [0.15, 0.2) is 0 Å². The van der Waals surface area contributed by atoms with Crippen molar-refractivity contribution in [3.8, 4) is 0 Å². The van der Waals surface area contributed by atoms with Crippen LogP contribution in [-0.2, 0) is 9.59 Å². The average molecular weight is 375 g/mol. The molecular weight excluding hydrogens is 340 g/mol. The standard InChI is InChI=1S/C13H20N2O.C8H14N2O/c1-3-7-11(8-4-2)12(14)13(16)15-9-5-6-10-15;1-4-8(5-6-9-3)10-7(2)11/h3-4,7-8,12H,1,5-6,9-10,14H2,2H3;4-6,9H,1-3H3,(H,10,11)/b8-4-,11-7+;6-5-,8-4+. The van der Waals surface area contributed by atoms with Crippen molar-refractivity contribution in [1.82, 2.24) is 15.5 Å². The molecule has 0 spiro atoms. The van der Waals surface area contributed by atoms with Crippen LogP contribution < -0.4 is 16.4 Å². The Morgan fingerprint density at radius 1 is 1.19 bits per heavy atom. The van der Waals surface area contributed by atoms with Crippen LogP contribution in [0.2, 0.25) is 0 Å². The van der Waals surface area contributed by atoms with Crippen molar-refractivity contribution in [3.05, 3.63) is 60.5 Å². The molecule has 0 bridgehead atoms. The molecule has 2 amide bonds. The minimum Gasteiger partial charge on any atom is -0.394 e. The van der Waals surface area contributed by atoms with Crippen molar-refractivity contribution < 1.29 is 9.59 Å². The molecule has 1 rings (SSSR count). The van der Waals surface area contributed by atoms with E-state index in [0.29, 0.717) is 0 Å². The average Bonchev–Trinajstić information content (AvgIpc) is 3.18. The summed E-state index contributed by atoms with van der Waals surface area (Å²) in [6, 6.07) is -0.563. The first kappa shape index (κ1) is 24.4. The molecule has 1 fully saturated rings. The van der Waals surface area contributed by atoms with E-state index in [-0.39, 0.29) is 11.8 Å². The van der Waals surface area contributed by atoms with E-state index in [2.05, 4.69) is 17.2 Å². The van der Waals surface area contributed by atoms with Gasteiger partial charge in [-0.2, -0.15) is 0 Å². The Morgan fingerprint density at radius 3 is 2.26 bits per heavy atom. The van der Waals surface area contributed by atoms with Gasteiger partial charge in [-0.25, -0.2) is 0 Å². The Morgan fingerprint density at radius 2 is 1.81 bits per heavy atom. The minimum absolute atomic E-state index is 0.0173. The van der Waals surface area contributed by atoms with E-state index < -0.39 is 6.04 Å². The van der Waals surface area contributed by atoms with Crippen LogP contribution in [0.1, 0.15) is 33.6 Å². The van der Waals surface area contributed by atoms with Gasteiger partial charge in [0.05, 0.1) is 0 Å². The van der Waals surface area contributed by atoms with Gasteiger partial charge in [-0.05, 0) is 44.5 Å². The van der Waals surface area contributed by atoms with Crippen LogP contribution in [-0.4, -0.2) is 42.9 Å². The Kier molecular flexibility index (Phi) is 13.2. The molecule has 0 radical (unpaired) electrons. The van der Waals surface area contributed by atoms with Gasteiger partial charge in [-0.3, -0.25) is 9.59 Å². The van der Waals surface area contributed by atoms with Crippen molar-refractivity contribution in [1.29, 1.82) is 0 Å². The van der Waals surface area contributed by atoms with Crippen molar-refractivity contribution >= 4 is 11.8 Å². The van der Waals surface area contributed by atoms with E-state index >= 15 is 0 Å². The van der Waals surface area contributed by atoms with Gasteiger partial charge in [-0.1, -0.05) is 37.0 Å². The number of likely N-dealkylation sites (tertiary alicyclic amines) is 1. The summed E-state index contributed by atoms with van der Waals surface area (Å²) in [6.07, 6.45) is 14.7. The van der Waals surface area contributed by atoms with Gasteiger partial charge in [0.2, 0.25) is 11.8 Å². The van der Waals surface area contributed by atoms with Crippen LogP contribution in [0.5, 0.6) is 0 Å². The van der Waals surface area contributed by atoms with E-state index in [1.807, 2.05) is 37.0 Å². The molecule has 0 aliphatic carbocycles. The Hall–Kier alpha value is -2.60. The van der Waals surface area contributed by atoms with Gasteiger partial charge < -0.3 is 21.3 Å². The quantitative estimate of drug-likeness (QED) is 0.597. The van der Waals surface area contributed by atoms with Gasteiger partial charge in [0.1, 0.15) is 6.04 Å². The maximum Gasteiger partial charge on any atom is 0.244 e. The maximum absolute atomic E-state index is 12.0. The topological polar surface area (TPSA) is 87.5 Å². The van der Waals surface area contributed by atoms with E-state index in [1.165, 1.54) is 6.92 Å². The molecule has 1 saturated heterocycles. The number of carbonyl (C=O) groups is 2. The molecule has 0 saturated carbocycles. The van der Waals surface area contributed by atoms with Gasteiger partial charge in [-0.15, -0.1) is 0 Å². The van der Waals surface area contributed by atoms with E-state index in [1.54, 1.807) is 31.5 Å². The van der Waals surface area contributed by atoms with E-state index in [0.717, 1.165) is 37.2 Å². The zero-order chi connectivity index (χ0) is 20.7. The molecule has 1 aliphatic rings. The lowest BCUT2D eigenvalue weighted by Crippen LogP contribution is -2.43. The number of carbonyl (C=O) groups excluding carboxylic acids is 2. The van der Waals surface area contributed by atoms with Crippen molar-refractivity contribution in [2.75, 3.05) is 20.1 Å². The summed E-state index contributed by atoms with van der Waals surface area (Å²) in [7, 11) is 1.80. The largest absolute Gasteiger partial charge is 0.394 e. The number of nitrogens with two attached hydrogens (primary N) is 1. The molecule has 150 valence electrons. The minimum atomic E-state index is -0.563. The third kappa shape index (κ3) is 10.2. The lowest BCUT2D eigenvalue weighted by atomic mass is 10.1. The Bertz CT molecular complexity index is 597. The molecule has 1 aliphatic heterocycles. The highest BCUT2D eigenvalue weighted by molar-refractivity contribution is 5.85. The molecule has 6 nitrogen and oxygen atoms in total. The summed E-state index contributed by atoms with van der Waals surface area (Å²) in [4.78, 5) is 24.4. The fourth-order valence-electron chi connectivity index (χ4n) is 2.45. The molecule has 0 aromatic heterocycles. The summed E-state index contributed by atoms with van der Waals surface area (Å²) in [5.74, 6) is -0.0393. The van der Waals surface area contributed by atoms with Crippen molar-refractivity contribution in [2.24, 2.45) is 5.73 Å². The molecule has 1 unspecified atom stereocenters. The van der Waals surface area contributed by atoms with E-state index in [4.69, 9.17) is 5.73 Å². The number of amides is 2. The third-order valence-corrected chi connectivity index (χ3v) is 3.77. The van der Waals surface area contributed by atoms with Crippen LogP contribution in [0.3, 0.4) is 0 Å². The highest BCUT2D eigenvalue weighted by Gasteiger charge is 2.24. The fourth-order valence-corrected chi connectivity index (χ4v) is 2.45. The monoisotopic (exact) mass is 374 g/mol. The molecule has 0 aromatic carbocycles. The number of rotatable bonds is 7. The lowest BCUT2D eigenvalue weighted by Gasteiger charge is -2.20. The third-order valence-electron chi connectivity index (χ3n) is 3.77. The highest BCUT2D eigenvalue weighted by atomic mass is 16.2. The summed E-state index contributed by atoms with van der Waals surface area (Å²) in [5, 5.41) is 5.49. The normalized spacial score (nSPS) is 16.1. The first-order valence-corrected chi connectivity index (χ1v) is 9.18. The second kappa shape index (κ2) is 14.6. The van der Waals surface area contributed by atoms with Crippen molar-refractivity contribution in [3.63, 3.8) is 0 Å². The molecule has 4 N–H and O–H groups in total. The molecule has 1 heterocycles. The highest BCUT2D eigenvalue weighted by Crippen LogP contribution is 2.12. The van der Waals surface area contributed by atoms with Gasteiger partial charge >= 0.3 is 0 Å². The Labute approximate surface area is 163 Å². The summed E-state index contributed by atoms with van der Waals surface area (Å²) in [6.45, 7) is 10.6. The second-order valence-electron chi connectivity index (χ2n) is 5.96. The van der Waals surface area contributed by atoms with Crippen LogP contribution in [0.25, 0.3) is 0 Å². The van der Waals surface area contributed by atoms with Gasteiger partial charge in [0.25, 0.3) is 0 Å². The first-order valence-electron chi connectivity index (χ1n) is 9.18. The molecular formula is C21H34N4O2. The van der Waals surface area contributed by atoms with Crippen LogP contribution in [0.4, 0.5) is 0 Å². The maximum atomic E-state index is 12.0. The second-order valence-corrected chi connectivity index (χ2v) is 5.96. The number of allylic oxidation sites excluding steroid dienone is 5. The van der Waals surface area contributed by atoms with Crippen LogP contribution in [0.15, 0.2) is 60.5 Å². The molecule has 0 aromatic rings. The Balaban J connectivity index is 0.000000541. The van der Waals surface area contributed by atoms with E-state index in [9.17, 15) is 9.59 Å². The predicted octanol–water partition coefficient (Wildman–Crippen LogP) is 2.38. The molecule has 27 heavy (non-hydrogen) atoms. The SMILES string of the molecule is C/C=C(\C=C/NC)NC(C)=O.C=C/C=C(\C=C/C)C(N)C(=O)N1CCCC1. The number of nitrogens with zero attached hydrogens (tertiary/aromatic N) is 1. The molecule has 6 heteroatoms. The van der Waals surface area contributed by atoms with Crippen molar-refractivity contribution in [2.45, 2.75) is 39.7 Å². The zero-order valence-corrected chi connectivity index (χ0v) is 17.0. The van der Waals surface area contributed by atoms with Crippen LogP contribution >= 0.6 is 0 Å². The summed E-state index contributed by atoms with van der Waals surface area (Å²) < 4.78 is 0. The summed E-state index contributed by atoms with van der Waals surface area (Å²) in [5.41, 5.74) is 7.57. The fraction of sp³-hybridized carbons (Fsp3) is 0.429. The number of hydrogen-bond acceptors (Lipinski definition) is 4. The lowest BCUT2D eigenvalue weighted by molar-refractivity contribution is -0.130. The summed E-state index contributed by atoms with van der Waals surface area (Å²) >= 11 is 0. The smallest absolute Gasteiger partial charge is 0.244 e. The molecule has 1 atom stereocenters. The number of hydrogen-bond donors (Lipinski definition) is 3. The zero-order valence-electron chi connectivity index (χ0n) is 17.0. The first-order chi connectivity index (χ1) is 12.9. The van der Waals surface area contributed by atoms with Gasteiger partial charge in [0, 0.05) is 32.8 Å². The predicted molar refractivity (Wildman–Crippen MR) is 113 cm³/mol. The van der Waals surface area contributed by atoms with Crippen LogP contribution in [0, 0.1) is 0 Å². The number of nitrogens with one attached hydrogen (secondary N) is 2.